The summed E-state index contributed by atoms with van der Waals surface area (Å²) >= 11 is 12.9. The van der Waals surface area contributed by atoms with Crippen molar-refractivity contribution in [3.8, 4) is 11.8 Å². The van der Waals surface area contributed by atoms with Gasteiger partial charge in [-0.1, -0.05) is 51.3 Å². The number of aryl methyl sites for hydroxylation is 2. The first-order chi connectivity index (χ1) is 16.7. The molecule has 0 saturated carbocycles. The quantitative estimate of drug-likeness (QED) is 0.220. The van der Waals surface area contributed by atoms with Gasteiger partial charge in [0.1, 0.15) is 17.4 Å². The van der Waals surface area contributed by atoms with Gasteiger partial charge in [0, 0.05) is 26.4 Å². The average Bonchev–Trinajstić information content (AvgIpc) is 2.80. The second-order valence-electron chi connectivity index (χ2n) is 7.60. The molecule has 0 atom stereocenters. The molecule has 9 heteroatoms. The minimum atomic E-state index is -0.563. The van der Waals surface area contributed by atoms with Gasteiger partial charge in [-0.2, -0.15) is 5.26 Å². The summed E-state index contributed by atoms with van der Waals surface area (Å²) in [5.41, 5.74) is 3.38. The van der Waals surface area contributed by atoms with Gasteiger partial charge in [-0.25, -0.2) is 0 Å². The number of ether oxygens (including phenoxy) is 1. The van der Waals surface area contributed by atoms with Crippen LogP contribution in [0.1, 0.15) is 16.7 Å². The van der Waals surface area contributed by atoms with E-state index in [2.05, 4.69) is 42.5 Å². The van der Waals surface area contributed by atoms with Gasteiger partial charge in [0.25, 0.3) is 11.8 Å². The largest absolute Gasteiger partial charge is 0.482 e. The Morgan fingerprint density at radius 3 is 2.37 bits per heavy atom. The highest BCUT2D eigenvalue weighted by molar-refractivity contribution is 9.11. The predicted molar refractivity (Wildman–Crippen MR) is 146 cm³/mol. The number of benzene rings is 3. The standard InChI is InChI=1S/C26H20Br2ClN3O3/c1-15-3-6-20(7-4-15)32-26(34)18(13-30)9-17-10-19(27)11-22(28)25(17)35-14-24(33)31-21-8-5-16(2)23(29)12-21/h3-12H,14H2,1-2H3,(H,31,33)(H,32,34)/b18-9-. The first-order valence-electron chi connectivity index (χ1n) is 10.3. The topological polar surface area (TPSA) is 91.2 Å². The molecule has 3 aromatic carbocycles. The van der Waals surface area contributed by atoms with Crippen LogP contribution < -0.4 is 15.4 Å². The van der Waals surface area contributed by atoms with Gasteiger partial charge in [0.05, 0.1) is 4.47 Å². The van der Waals surface area contributed by atoms with E-state index in [1.807, 2.05) is 32.0 Å². The Morgan fingerprint density at radius 1 is 1.03 bits per heavy atom. The molecule has 2 N–H and O–H groups in total. The Balaban J connectivity index is 1.79. The summed E-state index contributed by atoms with van der Waals surface area (Å²) in [4.78, 5) is 25.1. The summed E-state index contributed by atoms with van der Waals surface area (Å²) in [5, 5.41) is 15.6. The molecule has 178 valence electrons. The van der Waals surface area contributed by atoms with E-state index in [9.17, 15) is 14.9 Å². The molecular formula is C26H20Br2ClN3O3. The van der Waals surface area contributed by atoms with E-state index >= 15 is 0 Å². The molecule has 0 unspecified atom stereocenters. The number of rotatable bonds is 7. The van der Waals surface area contributed by atoms with E-state index in [0.29, 0.717) is 36.7 Å². The molecular weight excluding hydrogens is 598 g/mol. The second-order valence-corrected chi connectivity index (χ2v) is 9.77. The lowest BCUT2D eigenvalue weighted by atomic mass is 10.1. The van der Waals surface area contributed by atoms with Gasteiger partial charge >= 0.3 is 0 Å². The molecule has 0 radical (unpaired) electrons. The van der Waals surface area contributed by atoms with E-state index < -0.39 is 11.8 Å². The fraction of sp³-hybridized carbons (Fsp3) is 0.115. The number of carbonyl (C=O) groups excluding carboxylic acids is 2. The van der Waals surface area contributed by atoms with Crippen LogP contribution >= 0.6 is 43.5 Å². The fourth-order valence-electron chi connectivity index (χ4n) is 2.98. The van der Waals surface area contributed by atoms with Crippen LogP contribution in [0.25, 0.3) is 6.08 Å². The Bertz CT molecular complexity index is 1350. The second kappa shape index (κ2) is 12.0. The number of anilines is 2. The molecule has 3 aromatic rings. The van der Waals surface area contributed by atoms with E-state index in [1.165, 1.54) is 6.08 Å². The lowest BCUT2D eigenvalue weighted by Crippen LogP contribution is -2.20. The Morgan fingerprint density at radius 2 is 1.71 bits per heavy atom. The van der Waals surface area contributed by atoms with Crippen molar-refractivity contribution in [1.82, 2.24) is 0 Å². The summed E-state index contributed by atoms with van der Waals surface area (Å²) in [7, 11) is 0. The van der Waals surface area contributed by atoms with Crippen molar-refractivity contribution in [3.63, 3.8) is 0 Å². The van der Waals surface area contributed by atoms with Gasteiger partial charge < -0.3 is 15.4 Å². The van der Waals surface area contributed by atoms with Crippen LogP contribution in [-0.2, 0) is 9.59 Å². The number of hydrogen-bond donors (Lipinski definition) is 2. The average molecular weight is 618 g/mol. The van der Waals surface area contributed by atoms with E-state index in [4.69, 9.17) is 16.3 Å². The third-order valence-corrected chi connectivity index (χ3v) is 6.27. The Hall–Kier alpha value is -3.12. The molecule has 0 bridgehead atoms. The highest BCUT2D eigenvalue weighted by atomic mass is 79.9. The minimum absolute atomic E-state index is 0.126. The molecule has 0 aliphatic carbocycles. The van der Waals surface area contributed by atoms with Crippen LogP contribution in [0.5, 0.6) is 5.75 Å². The molecule has 0 saturated heterocycles. The van der Waals surface area contributed by atoms with Crippen molar-refractivity contribution in [2.24, 2.45) is 0 Å². The highest BCUT2D eigenvalue weighted by Crippen LogP contribution is 2.34. The normalized spacial score (nSPS) is 10.9. The van der Waals surface area contributed by atoms with E-state index in [1.54, 1.807) is 42.5 Å². The highest BCUT2D eigenvalue weighted by Gasteiger charge is 2.16. The SMILES string of the molecule is Cc1ccc(NC(=O)/C(C#N)=C\c2cc(Br)cc(Br)c2OCC(=O)Nc2ccc(C)c(Cl)c2)cc1. The van der Waals surface area contributed by atoms with Gasteiger partial charge in [-0.3, -0.25) is 9.59 Å². The summed E-state index contributed by atoms with van der Waals surface area (Å²) in [6.07, 6.45) is 1.41. The number of hydrogen-bond acceptors (Lipinski definition) is 4. The number of halogens is 3. The maximum absolute atomic E-state index is 12.7. The Labute approximate surface area is 225 Å². The zero-order valence-corrected chi connectivity index (χ0v) is 22.7. The van der Waals surface area contributed by atoms with Crippen LogP contribution in [0.15, 0.2) is 69.1 Å². The number of carbonyl (C=O) groups is 2. The molecule has 0 spiro atoms. The van der Waals surface area contributed by atoms with Crippen molar-refractivity contribution < 1.29 is 14.3 Å². The molecule has 0 aromatic heterocycles. The maximum Gasteiger partial charge on any atom is 0.266 e. The monoisotopic (exact) mass is 615 g/mol. The molecule has 0 fully saturated rings. The molecule has 3 rings (SSSR count). The molecule has 2 amide bonds. The van der Waals surface area contributed by atoms with Crippen LogP contribution in [0.4, 0.5) is 11.4 Å². The smallest absolute Gasteiger partial charge is 0.266 e. The van der Waals surface area contributed by atoms with Crippen molar-refractivity contribution >= 4 is 72.7 Å². The first kappa shape index (κ1) is 26.5. The maximum atomic E-state index is 12.7. The third kappa shape index (κ3) is 7.43. The summed E-state index contributed by atoms with van der Waals surface area (Å²) < 4.78 is 7.00. The summed E-state index contributed by atoms with van der Waals surface area (Å²) in [6, 6.07) is 17.8. The lowest BCUT2D eigenvalue weighted by molar-refractivity contribution is -0.118. The van der Waals surface area contributed by atoms with Crippen molar-refractivity contribution in [2.45, 2.75) is 13.8 Å². The van der Waals surface area contributed by atoms with Crippen molar-refractivity contribution in [3.05, 3.63) is 90.8 Å². The zero-order valence-electron chi connectivity index (χ0n) is 18.8. The number of nitriles is 1. The summed E-state index contributed by atoms with van der Waals surface area (Å²) in [6.45, 7) is 3.51. The van der Waals surface area contributed by atoms with Crippen LogP contribution in [0.2, 0.25) is 5.02 Å². The number of nitrogens with zero attached hydrogens (tertiary/aromatic N) is 1. The lowest BCUT2D eigenvalue weighted by Gasteiger charge is -2.13. The van der Waals surface area contributed by atoms with Gasteiger partial charge in [0.15, 0.2) is 6.61 Å². The molecule has 35 heavy (non-hydrogen) atoms. The molecule has 0 heterocycles. The van der Waals surface area contributed by atoms with Gasteiger partial charge in [-0.15, -0.1) is 0 Å². The van der Waals surface area contributed by atoms with Crippen LogP contribution in [0, 0.1) is 25.2 Å². The summed E-state index contributed by atoms with van der Waals surface area (Å²) in [5.74, 6) is -0.652. The molecule has 0 aliphatic heterocycles. The predicted octanol–water partition coefficient (Wildman–Crippen LogP) is 7.05. The van der Waals surface area contributed by atoms with Gasteiger partial charge in [-0.05, 0) is 77.8 Å². The van der Waals surface area contributed by atoms with Crippen molar-refractivity contribution in [1.29, 1.82) is 5.26 Å². The molecule has 0 aliphatic rings. The van der Waals surface area contributed by atoms with Crippen LogP contribution in [-0.4, -0.2) is 18.4 Å². The van der Waals surface area contributed by atoms with E-state index in [-0.39, 0.29) is 12.2 Å². The Kier molecular flexibility index (Phi) is 9.10. The van der Waals surface area contributed by atoms with E-state index in [0.717, 1.165) is 11.1 Å². The number of nitrogens with one attached hydrogen (secondary N) is 2. The number of amides is 2. The van der Waals surface area contributed by atoms with Crippen molar-refractivity contribution in [2.75, 3.05) is 17.2 Å². The first-order valence-corrected chi connectivity index (χ1v) is 12.3. The minimum Gasteiger partial charge on any atom is -0.482 e. The zero-order chi connectivity index (χ0) is 25.5. The molecule has 6 nitrogen and oxygen atoms in total. The van der Waals surface area contributed by atoms with Crippen LogP contribution in [0.3, 0.4) is 0 Å². The third-order valence-electron chi connectivity index (χ3n) is 4.81. The fourth-order valence-corrected chi connectivity index (χ4v) is 4.54. The van der Waals surface area contributed by atoms with Gasteiger partial charge in [0.2, 0.25) is 0 Å².